The zero-order valence-electron chi connectivity index (χ0n) is 14.5. The van der Waals surface area contributed by atoms with Crippen molar-refractivity contribution in [2.45, 2.75) is 4.90 Å². The van der Waals surface area contributed by atoms with Crippen LogP contribution in [-0.2, 0) is 14.8 Å². The Hall–Kier alpha value is -2.65. The van der Waals surface area contributed by atoms with Crippen LogP contribution in [0, 0.1) is 5.82 Å². The molecule has 3 rings (SSSR count). The van der Waals surface area contributed by atoms with E-state index in [1.165, 1.54) is 4.90 Å². The highest BCUT2D eigenvalue weighted by molar-refractivity contribution is 8.19. The maximum atomic E-state index is 13.1. The van der Waals surface area contributed by atoms with Gasteiger partial charge in [-0.15, -0.1) is 4.40 Å². The van der Waals surface area contributed by atoms with Gasteiger partial charge in [0.15, 0.2) is 5.17 Å². The number of sulfonamides is 1. The van der Waals surface area contributed by atoms with E-state index < -0.39 is 15.8 Å². The lowest BCUT2D eigenvalue weighted by atomic mass is 10.3. The molecule has 0 aliphatic carbocycles. The summed E-state index contributed by atoms with van der Waals surface area (Å²) in [6.45, 7) is 0. The number of nitrogens with zero attached hydrogens (tertiary/aromatic N) is 3. The molecule has 0 aromatic heterocycles. The Kier molecular flexibility index (Phi) is 5.33. The Morgan fingerprint density at radius 2 is 1.70 bits per heavy atom. The molecule has 0 spiro atoms. The third-order valence-electron chi connectivity index (χ3n) is 3.51. The van der Waals surface area contributed by atoms with Crippen molar-refractivity contribution in [3.63, 3.8) is 0 Å². The number of benzene rings is 2. The van der Waals surface area contributed by atoms with E-state index in [-0.39, 0.29) is 16.0 Å². The first-order valence-electron chi connectivity index (χ1n) is 7.84. The number of para-hydroxylation sites is 1. The van der Waals surface area contributed by atoms with E-state index in [4.69, 9.17) is 0 Å². The van der Waals surface area contributed by atoms with E-state index in [1.54, 1.807) is 55.5 Å². The first kappa shape index (κ1) is 19.1. The molecule has 140 valence electrons. The van der Waals surface area contributed by atoms with Crippen LogP contribution in [0.5, 0.6) is 0 Å². The van der Waals surface area contributed by atoms with Gasteiger partial charge in [0.25, 0.3) is 15.9 Å². The van der Waals surface area contributed by atoms with Gasteiger partial charge in [-0.2, -0.15) is 8.42 Å². The van der Waals surface area contributed by atoms with Crippen molar-refractivity contribution in [1.82, 2.24) is 4.90 Å². The van der Waals surface area contributed by atoms with Crippen LogP contribution in [0.25, 0.3) is 0 Å². The van der Waals surface area contributed by atoms with Gasteiger partial charge in [0.05, 0.1) is 15.5 Å². The van der Waals surface area contributed by atoms with Crippen molar-refractivity contribution in [3.05, 3.63) is 71.5 Å². The minimum atomic E-state index is -4.11. The normalized spacial score (nSPS) is 17.7. The van der Waals surface area contributed by atoms with Gasteiger partial charge in [0.2, 0.25) is 0 Å². The summed E-state index contributed by atoms with van der Waals surface area (Å²) in [7, 11) is -0.587. The standard InChI is InChI=1S/C18H16FN3O3S2/c1-21(2)12-16-17(23)22(14-6-4-3-5-7-14)18(26-16)20-27(24,25)15-10-8-13(19)9-11-15/h3-12H,1-2H3/b16-12+,20-18+. The summed E-state index contributed by atoms with van der Waals surface area (Å²) in [5, 5.41) is 0.0172. The number of carbonyl (C=O) groups is 1. The number of anilines is 1. The van der Waals surface area contributed by atoms with Crippen LogP contribution in [0.3, 0.4) is 0 Å². The number of amides is 1. The van der Waals surface area contributed by atoms with Crippen LogP contribution in [0.1, 0.15) is 0 Å². The summed E-state index contributed by atoms with van der Waals surface area (Å²) >= 11 is 0.967. The van der Waals surface area contributed by atoms with E-state index >= 15 is 0 Å². The fourth-order valence-electron chi connectivity index (χ4n) is 2.33. The Morgan fingerprint density at radius 1 is 1.07 bits per heavy atom. The quantitative estimate of drug-likeness (QED) is 0.732. The van der Waals surface area contributed by atoms with Crippen LogP contribution in [0.15, 0.2) is 75.0 Å². The lowest BCUT2D eigenvalue weighted by Crippen LogP contribution is -2.29. The highest BCUT2D eigenvalue weighted by Gasteiger charge is 2.36. The number of rotatable bonds is 4. The molecule has 2 aromatic rings. The predicted molar refractivity (Wildman–Crippen MR) is 104 cm³/mol. The first-order chi connectivity index (χ1) is 12.8. The van der Waals surface area contributed by atoms with E-state index in [0.29, 0.717) is 10.6 Å². The van der Waals surface area contributed by atoms with Crippen LogP contribution in [-0.4, -0.2) is 38.5 Å². The Bertz CT molecular complexity index is 1020. The molecule has 1 fully saturated rings. The Morgan fingerprint density at radius 3 is 2.30 bits per heavy atom. The first-order valence-corrected chi connectivity index (χ1v) is 10.1. The SMILES string of the molecule is CN(C)/C=C1/S/C(=N/S(=O)(=O)c2ccc(F)cc2)N(c2ccccc2)C1=O. The van der Waals surface area contributed by atoms with Crippen LogP contribution in [0.4, 0.5) is 10.1 Å². The highest BCUT2D eigenvalue weighted by Crippen LogP contribution is 2.35. The second-order valence-electron chi connectivity index (χ2n) is 5.84. The number of hydrogen-bond donors (Lipinski definition) is 0. The van der Waals surface area contributed by atoms with E-state index in [1.807, 2.05) is 0 Å². The highest BCUT2D eigenvalue weighted by atomic mass is 32.2. The molecule has 0 bridgehead atoms. The van der Waals surface area contributed by atoms with Crippen molar-refractivity contribution in [2.24, 2.45) is 4.40 Å². The average molecular weight is 405 g/mol. The molecule has 0 radical (unpaired) electrons. The molecule has 0 unspecified atom stereocenters. The molecule has 2 aromatic carbocycles. The second kappa shape index (κ2) is 7.53. The number of hydrogen-bond acceptors (Lipinski definition) is 5. The van der Waals surface area contributed by atoms with Crippen molar-refractivity contribution < 1.29 is 17.6 Å². The third kappa shape index (κ3) is 4.20. The average Bonchev–Trinajstić information content (AvgIpc) is 2.90. The van der Waals surface area contributed by atoms with Gasteiger partial charge in [-0.05, 0) is 48.2 Å². The van der Waals surface area contributed by atoms with Crippen molar-refractivity contribution in [3.8, 4) is 0 Å². The van der Waals surface area contributed by atoms with Gasteiger partial charge in [-0.25, -0.2) is 4.39 Å². The molecule has 27 heavy (non-hydrogen) atoms. The molecule has 1 amide bonds. The zero-order chi connectivity index (χ0) is 19.6. The summed E-state index contributed by atoms with van der Waals surface area (Å²) < 4.78 is 42.2. The largest absolute Gasteiger partial charge is 0.382 e. The van der Waals surface area contributed by atoms with Gasteiger partial charge in [-0.1, -0.05) is 18.2 Å². The lowest BCUT2D eigenvalue weighted by Gasteiger charge is -2.15. The van der Waals surface area contributed by atoms with E-state index in [9.17, 15) is 17.6 Å². The molecule has 1 aliphatic rings. The van der Waals surface area contributed by atoms with E-state index in [2.05, 4.69) is 4.40 Å². The maximum Gasteiger partial charge on any atom is 0.284 e. The van der Waals surface area contributed by atoms with Crippen LogP contribution in [0.2, 0.25) is 0 Å². The topological polar surface area (TPSA) is 70.1 Å². The summed E-state index contributed by atoms with van der Waals surface area (Å²) in [5.41, 5.74) is 0.505. The molecule has 0 N–H and O–H groups in total. The molecular formula is C18H16FN3O3S2. The fourth-order valence-corrected chi connectivity index (χ4v) is 4.56. The minimum absolute atomic E-state index is 0.0172. The van der Waals surface area contributed by atoms with Crippen LogP contribution >= 0.6 is 11.8 Å². The van der Waals surface area contributed by atoms with Crippen LogP contribution < -0.4 is 4.90 Å². The van der Waals surface area contributed by atoms with Gasteiger partial charge in [0, 0.05) is 20.3 Å². The van der Waals surface area contributed by atoms with Crippen molar-refractivity contribution in [2.75, 3.05) is 19.0 Å². The molecule has 1 saturated heterocycles. The van der Waals surface area contributed by atoms with Gasteiger partial charge < -0.3 is 4.90 Å². The molecule has 0 atom stereocenters. The molecule has 9 heteroatoms. The van der Waals surface area contributed by atoms with Gasteiger partial charge >= 0.3 is 0 Å². The monoisotopic (exact) mass is 405 g/mol. The van der Waals surface area contributed by atoms with Gasteiger partial charge in [-0.3, -0.25) is 9.69 Å². The smallest absolute Gasteiger partial charge is 0.284 e. The molecule has 6 nitrogen and oxygen atoms in total. The Balaban J connectivity index is 2.08. The number of halogens is 1. The predicted octanol–water partition coefficient (Wildman–Crippen LogP) is 3.05. The fraction of sp³-hybridized carbons (Fsp3) is 0.111. The molecule has 1 aliphatic heterocycles. The lowest BCUT2D eigenvalue weighted by molar-refractivity contribution is -0.113. The minimum Gasteiger partial charge on any atom is -0.382 e. The maximum absolute atomic E-state index is 13.1. The number of carbonyl (C=O) groups excluding carboxylic acids is 1. The summed E-state index contributed by atoms with van der Waals surface area (Å²) in [6.07, 6.45) is 1.61. The molecule has 1 heterocycles. The molecule has 0 saturated carbocycles. The third-order valence-corrected chi connectivity index (χ3v) is 5.86. The van der Waals surface area contributed by atoms with Crippen molar-refractivity contribution >= 4 is 38.5 Å². The zero-order valence-corrected chi connectivity index (χ0v) is 16.2. The van der Waals surface area contributed by atoms with E-state index in [0.717, 1.165) is 36.0 Å². The summed E-state index contributed by atoms with van der Waals surface area (Å²) in [6, 6.07) is 13.0. The summed E-state index contributed by atoms with van der Waals surface area (Å²) in [4.78, 5) is 15.9. The summed E-state index contributed by atoms with van der Waals surface area (Å²) in [5.74, 6) is -0.915. The van der Waals surface area contributed by atoms with Gasteiger partial charge in [0.1, 0.15) is 5.82 Å². The second-order valence-corrected chi connectivity index (χ2v) is 8.45. The Labute approximate surface area is 161 Å². The number of amidine groups is 1. The molecular weight excluding hydrogens is 389 g/mol. The van der Waals surface area contributed by atoms with Crippen molar-refractivity contribution in [1.29, 1.82) is 0 Å². The number of thioether (sulfide) groups is 1.